The average molecular weight is 333 g/mol. The highest BCUT2D eigenvalue weighted by Crippen LogP contribution is 2.11. The molecule has 24 heavy (non-hydrogen) atoms. The van der Waals surface area contributed by atoms with E-state index in [9.17, 15) is 14.4 Å². The van der Waals surface area contributed by atoms with Crippen molar-refractivity contribution in [1.29, 1.82) is 0 Å². The highest BCUT2D eigenvalue weighted by molar-refractivity contribution is 5.97. The summed E-state index contributed by atoms with van der Waals surface area (Å²) in [5, 5.41) is 5.65. The van der Waals surface area contributed by atoms with E-state index in [1.165, 1.54) is 6.92 Å². The minimum Gasteiger partial charge on any atom is -0.350 e. The molecule has 1 aromatic carbocycles. The lowest BCUT2D eigenvalue weighted by Crippen LogP contribution is -2.49. The molecule has 0 aromatic heterocycles. The third-order valence-electron chi connectivity index (χ3n) is 3.51. The molecule has 0 saturated carbocycles. The molecule has 1 atom stereocenters. The Morgan fingerprint density at radius 1 is 1.12 bits per heavy atom. The zero-order valence-electron chi connectivity index (χ0n) is 15.3. The van der Waals surface area contributed by atoms with Gasteiger partial charge >= 0.3 is 0 Å². The van der Waals surface area contributed by atoms with Gasteiger partial charge in [-0.25, -0.2) is 0 Å². The lowest BCUT2D eigenvalue weighted by Gasteiger charge is -2.26. The molecule has 6 nitrogen and oxygen atoms in total. The summed E-state index contributed by atoms with van der Waals surface area (Å²) in [6.07, 6.45) is 0. The van der Waals surface area contributed by atoms with E-state index < -0.39 is 6.04 Å². The second kappa shape index (κ2) is 8.06. The normalized spacial score (nSPS) is 12.6. The van der Waals surface area contributed by atoms with Gasteiger partial charge < -0.3 is 10.6 Å². The van der Waals surface area contributed by atoms with Crippen LogP contribution >= 0.6 is 0 Å². The molecular formula is C18H27N3O3. The number of carbonyl (C=O) groups is 3. The molecule has 132 valence electrons. The fraction of sp³-hybridized carbons (Fsp3) is 0.500. The zero-order chi connectivity index (χ0) is 18.5. The molecule has 1 rings (SSSR count). The second-order valence-electron chi connectivity index (χ2n) is 7.01. The molecular weight excluding hydrogens is 306 g/mol. The van der Waals surface area contributed by atoms with Crippen LogP contribution in [0.3, 0.4) is 0 Å². The summed E-state index contributed by atoms with van der Waals surface area (Å²) in [6.45, 7) is 9.09. The van der Waals surface area contributed by atoms with Gasteiger partial charge in [0, 0.05) is 16.8 Å². The maximum Gasteiger partial charge on any atom is 0.241 e. The third kappa shape index (κ3) is 6.50. The Labute approximate surface area is 143 Å². The molecule has 1 aromatic rings. The van der Waals surface area contributed by atoms with E-state index in [0.717, 1.165) is 0 Å². The van der Waals surface area contributed by atoms with E-state index in [-0.39, 0.29) is 29.7 Å². The number of ketones is 1. The highest BCUT2D eigenvalue weighted by Gasteiger charge is 2.22. The van der Waals surface area contributed by atoms with Crippen molar-refractivity contribution >= 4 is 23.3 Å². The summed E-state index contributed by atoms with van der Waals surface area (Å²) >= 11 is 0. The van der Waals surface area contributed by atoms with Gasteiger partial charge in [-0.2, -0.15) is 0 Å². The van der Waals surface area contributed by atoms with Crippen LogP contribution in [-0.2, 0) is 9.59 Å². The summed E-state index contributed by atoms with van der Waals surface area (Å²) < 4.78 is 0. The summed E-state index contributed by atoms with van der Waals surface area (Å²) in [6, 6.07) is 6.25. The fourth-order valence-electron chi connectivity index (χ4n) is 2.06. The Morgan fingerprint density at radius 3 is 2.12 bits per heavy atom. The number of benzene rings is 1. The molecule has 0 bridgehead atoms. The van der Waals surface area contributed by atoms with Crippen molar-refractivity contribution in [3.8, 4) is 0 Å². The maximum atomic E-state index is 12.3. The first-order valence-corrected chi connectivity index (χ1v) is 7.92. The molecule has 0 aliphatic heterocycles. The van der Waals surface area contributed by atoms with Crippen LogP contribution < -0.4 is 10.6 Å². The molecule has 2 N–H and O–H groups in total. The smallest absolute Gasteiger partial charge is 0.241 e. The number of hydrogen-bond acceptors (Lipinski definition) is 4. The van der Waals surface area contributed by atoms with Crippen molar-refractivity contribution in [3.63, 3.8) is 0 Å². The number of hydrogen-bond donors (Lipinski definition) is 2. The van der Waals surface area contributed by atoms with Crippen LogP contribution in [-0.4, -0.2) is 47.7 Å². The summed E-state index contributed by atoms with van der Waals surface area (Å²) in [4.78, 5) is 37.2. The van der Waals surface area contributed by atoms with Crippen LogP contribution in [0.5, 0.6) is 0 Å². The van der Waals surface area contributed by atoms with Crippen LogP contribution in [0.15, 0.2) is 24.3 Å². The van der Waals surface area contributed by atoms with Gasteiger partial charge in [0.25, 0.3) is 0 Å². The first-order valence-electron chi connectivity index (χ1n) is 7.92. The SMILES string of the molecule is CC(=O)c1ccc(NC(=O)C(C)N(C)CC(=O)NC(C)(C)C)cc1. The zero-order valence-corrected chi connectivity index (χ0v) is 15.3. The Kier molecular flexibility index (Phi) is 6.66. The van der Waals surface area contributed by atoms with Crippen molar-refractivity contribution in [2.45, 2.75) is 46.2 Å². The van der Waals surface area contributed by atoms with E-state index in [1.54, 1.807) is 43.1 Å². The standard InChI is InChI=1S/C18H27N3O3/c1-12(21(6)11-16(23)20-18(3,4)5)17(24)19-15-9-7-14(8-10-15)13(2)22/h7-10,12H,11H2,1-6H3,(H,19,24)(H,20,23). The summed E-state index contributed by atoms with van der Waals surface area (Å²) in [5.41, 5.74) is 0.906. The predicted octanol–water partition coefficient (Wildman–Crippen LogP) is 2.06. The van der Waals surface area contributed by atoms with Gasteiger partial charge in [0.05, 0.1) is 12.6 Å². The maximum absolute atomic E-state index is 12.3. The lowest BCUT2D eigenvalue weighted by molar-refractivity contribution is -0.125. The van der Waals surface area contributed by atoms with E-state index in [4.69, 9.17) is 0 Å². The van der Waals surface area contributed by atoms with Crippen molar-refractivity contribution < 1.29 is 14.4 Å². The van der Waals surface area contributed by atoms with Crippen LogP contribution in [0.1, 0.15) is 45.0 Å². The fourth-order valence-corrected chi connectivity index (χ4v) is 2.06. The number of carbonyl (C=O) groups excluding carboxylic acids is 3. The van der Waals surface area contributed by atoms with Crippen LogP contribution in [0.2, 0.25) is 0 Å². The van der Waals surface area contributed by atoms with Gasteiger partial charge in [-0.1, -0.05) is 0 Å². The van der Waals surface area contributed by atoms with Gasteiger partial charge in [-0.15, -0.1) is 0 Å². The number of amides is 2. The first kappa shape index (κ1) is 19.8. The molecule has 1 unspecified atom stereocenters. The van der Waals surface area contributed by atoms with E-state index in [0.29, 0.717) is 11.3 Å². The molecule has 0 heterocycles. The lowest BCUT2D eigenvalue weighted by atomic mass is 10.1. The van der Waals surface area contributed by atoms with E-state index >= 15 is 0 Å². The largest absolute Gasteiger partial charge is 0.350 e. The van der Waals surface area contributed by atoms with E-state index in [1.807, 2.05) is 20.8 Å². The van der Waals surface area contributed by atoms with Crippen LogP contribution in [0, 0.1) is 0 Å². The summed E-state index contributed by atoms with van der Waals surface area (Å²) in [7, 11) is 1.73. The van der Waals surface area contributed by atoms with Crippen molar-refractivity contribution in [2.75, 3.05) is 18.9 Å². The number of nitrogens with one attached hydrogen (secondary N) is 2. The van der Waals surface area contributed by atoms with Gasteiger partial charge in [0.2, 0.25) is 11.8 Å². The second-order valence-corrected chi connectivity index (χ2v) is 7.01. The Balaban J connectivity index is 2.60. The molecule has 0 aliphatic carbocycles. The molecule has 2 amide bonds. The van der Waals surface area contributed by atoms with Crippen molar-refractivity contribution in [2.24, 2.45) is 0 Å². The van der Waals surface area contributed by atoms with Crippen molar-refractivity contribution in [3.05, 3.63) is 29.8 Å². The predicted molar refractivity (Wildman–Crippen MR) is 95.1 cm³/mol. The van der Waals surface area contributed by atoms with Gasteiger partial charge in [0.1, 0.15) is 0 Å². The number of rotatable bonds is 6. The first-order chi connectivity index (χ1) is 11.0. The third-order valence-corrected chi connectivity index (χ3v) is 3.51. The number of nitrogens with zero attached hydrogens (tertiary/aromatic N) is 1. The Hall–Kier alpha value is -2.21. The van der Waals surface area contributed by atoms with Gasteiger partial charge in [0.15, 0.2) is 5.78 Å². The average Bonchev–Trinajstić information content (AvgIpc) is 2.44. The van der Waals surface area contributed by atoms with Gasteiger partial charge in [-0.05, 0) is 65.9 Å². The Bertz CT molecular complexity index is 603. The molecule has 0 spiro atoms. The molecule has 0 aliphatic rings. The number of anilines is 1. The quantitative estimate of drug-likeness (QED) is 0.781. The molecule has 0 saturated heterocycles. The number of Topliss-reactive ketones (excluding diaryl/α,β-unsaturated/α-hetero) is 1. The van der Waals surface area contributed by atoms with Crippen LogP contribution in [0.4, 0.5) is 5.69 Å². The summed E-state index contributed by atoms with van der Waals surface area (Å²) in [5.74, 6) is -0.363. The minimum atomic E-state index is -0.469. The van der Waals surface area contributed by atoms with Crippen molar-refractivity contribution in [1.82, 2.24) is 10.2 Å². The minimum absolute atomic E-state index is 0.0224. The Morgan fingerprint density at radius 2 is 1.67 bits per heavy atom. The van der Waals surface area contributed by atoms with E-state index in [2.05, 4.69) is 10.6 Å². The monoisotopic (exact) mass is 333 g/mol. The highest BCUT2D eigenvalue weighted by atomic mass is 16.2. The number of likely N-dealkylation sites (N-methyl/N-ethyl adjacent to an activating group) is 1. The van der Waals surface area contributed by atoms with Crippen LogP contribution in [0.25, 0.3) is 0 Å². The molecule has 0 fully saturated rings. The topological polar surface area (TPSA) is 78.5 Å². The molecule has 6 heteroatoms. The molecule has 0 radical (unpaired) electrons. The van der Waals surface area contributed by atoms with Gasteiger partial charge in [-0.3, -0.25) is 19.3 Å².